The van der Waals surface area contributed by atoms with Crippen LogP contribution in [-0.2, 0) is 0 Å². The van der Waals surface area contributed by atoms with Crippen LogP contribution in [0.1, 0.15) is 17.4 Å². The fraction of sp³-hybridized carbons (Fsp3) is 0.111. The van der Waals surface area contributed by atoms with E-state index in [1.165, 1.54) is 0 Å². The average Bonchev–Trinajstić information content (AvgIpc) is 2.76. The number of aromatic nitrogens is 3. The lowest BCUT2D eigenvalue weighted by molar-refractivity contribution is 0.896. The van der Waals surface area contributed by atoms with Crippen LogP contribution in [0.4, 0.5) is 0 Å². The SMILES string of the molecule is N#CC(c1ccc[nH]1)c1ncc[nH]1. The van der Waals surface area contributed by atoms with Gasteiger partial charge in [-0.25, -0.2) is 4.98 Å². The summed E-state index contributed by atoms with van der Waals surface area (Å²) >= 11 is 0. The zero-order valence-corrected chi connectivity index (χ0v) is 6.86. The molecule has 0 aliphatic carbocycles. The molecule has 0 spiro atoms. The Morgan fingerprint density at radius 2 is 2.31 bits per heavy atom. The predicted octanol–water partition coefficient (Wildman–Crippen LogP) is 1.39. The topological polar surface area (TPSA) is 68.3 Å². The summed E-state index contributed by atoms with van der Waals surface area (Å²) in [4.78, 5) is 9.96. The first-order valence-corrected chi connectivity index (χ1v) is 3.94. The van der Waals surface area contributed by atoms with Crippen LogP contribution in [-0.4, -0.2) is 15.0 Å². The highest BCUT2D eigenvalue weighted by molar-refractivity contribution is 5.26. The van der Waals surface area contributed by atoms with Crippen LogP contribution in [0.25, 0.3) is 0 Å². The minimum Gasteiger partial charge on any atom is -0.364 e. The molecule has 4 nitrogen and oxygen atoms in total. The third-order valence-electron chi connectivity index (χ3n) is 1.85. The van der Waals surface area contributed by atoms with Gasteiger partial charge in [0.05, 0.1) is 6.07 Å². The Morgan fingerprint density at radius 1 is 1.38 bits per heavy atom. The van der Waals surface area contributed by atoms with Gasteiger partial charge in [-0.05, 0) is 12.1 Å². The Morgan fingerprint density at radius 3 is 2.85 bits per heavy atom. The Kier molecular flexibility index (Phi) is 1.85. The number of aromatic amines is 2. The molecule has 2 heterocycles. The summed E-state index contributed by atoms with van der Waals surface area (Å²) in [7, 11) is 0. The highest BCUT2D eigenvalue weighted by Gasteiger charge is 2.15. The summed E-state index contributed by atoms with van der Waals surface area (Å²) in [6.07, 6.45) is 5.15. The Labute approximate surface area is 75.2 Å². The summed E-state index contributed by atoms with van der Waals surface area (Å²) in [6, 6.07) is 5.92. The van der Waals surface area contributed by atoms with Crippen molar-refractivity contribution in [1.82, 2.24) is 15.0 Å². The molecule has 4 heteroatoms. The molecule has 0 radical (unpaired) electrons. The molecule has 2 aromatic rings. The largest absolute Gasteiger partial charge is 0.364 e. The molecule has 0 bridgehead atoms. The summed E-state index contributed by atoms with van der Waals surface area (Å²) in [5.74, 6) is 0.343. The number of hydrogen-bond acceptors (Lipinski definition) is 2. The van der Waals surface area contributed by atoms with E-state index < -0.39 is 0 Å². The zero-order valence-electron chi connectivity index (χ0n) is 6.86. The number of imidazole rings is 1. The maximum atomic E-state index is 8.94. The number of rotatable bonds is 2. The van der Waals surface area contributed by atoms with Crippen molar-refractivity contribution in [3.63, 3.8) is 0 Å². The molecular weight excluding hydrogens is 164 g/mol. The molecule has 0 amide bonds. The van der Waals surface area contributed by atoms with Crippen LogP contribution in [0.15, 0.2) is 30.7 Å². The van der Waals surface area contributed by atoms with E-state index in [0.29, 0.717) is 5.82 Å². The molecule has 2 N–H and O–H groups in total. The third-order valence-corrected chi connectivity index (χ3v) is 1.85. The summed E-state index contributed by atoms with van der Waals surface area (Å²) in [6.45, 7) is 0. The van der Waals surface area contributed by atoms with Gasteiger partial charge in [-0.15, -0.1) is 0 Å². The molecule has 2 rings (SSSR count). The van der Waals surface area contributed by atoms with Gasteiger partial charge in [0.15, 0.2) is 0 Å². The van der Waals surface area contributed by atoms with Crippen molar-refractivity contribution >= 4 is 0 Å². The van der Waals surface area contributed by atoms with Gasteiger partial charge in [0.1, 0.15) is 11.7 Å². The first-order valence-electron chi connectivity index (χ1n) is 3.94. The molecule has 0 fully saturated rings. The predicted molar refractivity (Wildman–Crippen MR) is 46.8 cm³/mol. The molecule has 0 saturated heterocycles. The van der Waals surface area contributed by atoms with Crippen molar-refractivity contribution < 1.29 is 0 Å². The van der Waals surface area contributed by atoms with Crippen molar-refractivity contribution in [2.45, 2.75) is 5.92 Å². The van der Waals surface area contributed by atoms with Gasteiger partial charge >= 0.3 is 0 Å². The first-order chi connectivity index (χ1) is 6.42. The molecule has 13 heavy (non-hydrogen) atoms. The van der Waals surface area contributed by atoms with E-state index in [0.717, 1.165) is 5.69 Å². The molecule has 1 atom stereocenters. The minimum atomic E-state index is -0.329. The normalized spacial score (nSPS) is 12.2. The maximum absolute atomic E-state index is 8.94. The second-order valence-corrected chi connectivity index (χ2v) is 2.66. The second kappa shape index (κ2) is 3.15. The molecular formula is C9H8N4. The smallest absolute Gasteiger partial charge is 0.144 e. The van der Waals surface area contributed by atoms with Crippen LogP contribution in [0.2, 0.25) is 0 Å². The number of hydrogen-bond donors (Lipinski definition) is 2. The van der Waals surface area contributed by atoms with Crippen LogP contribution < -0.4 is 0 Å². The summed E-state index contributed by atoms with van der Waals surface area (Å²) in [5.41, 5.74) is 0.859. The lowest BCUT2D eigenvalue weighted by Gasteiger charge is -2.01. The molecule has 2 aromatic heterocycles. The Hall–Kier alpha value is -2.02. The van der Waals surface area contributed by atoms with Crippen molar-refractivity contribution in [2.75, 3.05) is 0 Å². The van der Waals surface area contributed by atoms with Gasteiger partial charge in [-0.3, -0.25) is 0 Å². The number of nitrogens with zero attached hydrogens (tertiary/aromatic N) is 2. The minimum absolute atomic E-state index is 0.329. The molecule has 0 aliphatic heterocycles. The van der Waals surface area contributed by atoms with E-state index in [2.05, 4.69) is 21.0 Å². The average molecular weight is 172 g/mol. The highest BCUT2D eigenvalue weighted by atomic mass is 14.9. The molecule has 0 aliphatic rings. The first kappa shape index (κ1) is 7.62. The van der Waals surface area contributed by atoms with E-state index in [1.807, 2.05) is 12.1 Å². The van der Waals surface area contributed by atoms with Crippen LogP contribution in [0.3, 0.4) is 0 Å². The van der Waals surface area contributed by atoms with E-state index in [9.17, 15) is 0 Å². The molecule has 0 aromatic carbocycles. The number of nitriles is 1. The van der Waals surface area contributed by atoms with E-state index in [1.54, 1.807) is 18.6 Å². The standard InChI is InChI=1S/C9H8N4/c10-6-7(8-2-1-3-11-8)9-12-4-5-13-9/h1-5,7,11H,(H,12,13). The van der Waals surface area contributed by atoms with Crippen molar-refractivity contribution in [1.29, 1.82) is 5.26 Å². The van der Waals surface area contributed by atoms with Gasteiger partial charge in [0.25, 0.3) is 0 Å². The monoisotopic (exact) mass is 172 g/mol. The van der Waals surface area contributed by atoms with Gasteiger partial charge in [-0.1, -0.05) is 0 Å². The zero-order chi connectivity index (χ0) is 9.10. The Balaban J connectivity index is 2.36. The van der Waals surface area contributed by atoms with Crippen molar-refractivity contribution in [3.05, 3.63) is 42.2 Å². The molecule has 1 unspecified atom stereocenters. The fourth-order valence-electron chi connectivity index (χ4n) is 1.24. The van der Waals surface area contributed by atoms with Crippen LogP contribution >= 0.6 is 0 Å². The van der Waals surface area contributed by atoms with Gasteiger partial charge in [-0.2, -0.15) is 5.26 Å². The van der Waals surface area contributed by atoms with Crippen LogP contribution in [0, 0.1) is 11.3 Å². The van der Waals surface area contributed by atoms with E-state index >= 15 is 0 Å². The van der Waals surface area contributed by atoms with Gasteiger partial charge < -0.3 is 9.97 Å². The van der Waals surface area contributed by atoms with Gasteiger partial charge in [0, 0.05) is 24.3 Å². The Bertz CT molecular complexity index is 359. The van der Waals surface area contributed by atoms with E-state index in [4.69, 9.17) is 5.26 Å². The lowest BCUT2D eigenvalue weighted by Crippen LogP contribution is -2.00. The summed E-state index contributed by atoms with van der Waals surface area (Å²) < 4.78 is 0. The quantitative estimate of drug-likeness (QED) is 0.718. The highest BCUT2D eigenvalue weighted by Crippen LogP contribution is 2.18. The maximum Gasteiger partial charge on any atom is 0.144 e. The van der Waals surface area contributed by atoms with Crippen LogP contribution in [0.5, 0.6) is 0 Å². The van der Waals surface area contributed by atoms with E-state index in [-0.39, 0.29) is 5.92 Å². The second-order valence-electron chi connectivity index (χ2n) is 2.66. The number of nitrogens with one attached hydrogen (secondary N) is 2. The van der Waals surface area contributed by atoms with Gasteiger partial charge in [0.2, 0.25) is 0 Å². The fourth-order valence-corrected chi connectivity index (χ4v) is 1.24. The summed E-state index contributed by atoms with van der Waals surface area (Å²) in [5, 5.41) is 8.94. The molecule has 64 valence electrons. The molecule has 0 saturated carbocycles. The van der Waals surface area contributed by atoms with Crippen molar-refractivity contribution in [2.24, 2.45) is 0 Å². The third kappa shape index (κ3) is 1.32. The number of H-pyrrole nitrogens is 2. The lowest BCUT2D eigenvalue weighted by atomic mass is 10.1. The van der Waals surface area contributed by atoms with Crippen molar-refractivity contribution in [3.8, 4) is 6.07 Å².